The topological polar surface area (TPSA) is 24.1 Å². The van der Waals surface area contributed by atoms with E-state index in [-0.39, 0.29) is 6.04 Å². The van der Waals surface area contributed by atoms with Crippen LogP contribution >= 0.6 is 35.4 Å². The van der Waals surface area contributed by atoms with E-state index in [1.54, 1.807) is 0 Å². The summed E-state index contributed by atoms with van der Waals surface area (Å²) in [6, 6.07) is 11.8. The lowest BCUT2D eigenvalue weighted by atomic mass is 10.1. The van der Waals surface area contributed by atoms with E-state index in [0.29, 0.717) is 10.1 Å². The van der Waals surface area contributed by atoms with Crippen LogP contribution in [-0.2, 0) is 0 Å². The second-order valence-corrected chi connectivity index (χ2v) is 6.56. The average molecular weight is 353 g/mol. The number of benzene rings is 2. The third kappa shape index (κ3) is 4.35. The van der Waals surface area contributed by atoms with Gasteiger partial charge in [-0.25, -0.2) is 0 Å². The van der Waals surface area contributed by atoms with Crippen LogP contribution in [0.25, 0.3) is 0 Å². The van der Waals surface area contributed by atoms with Gasteiger partial charge in [-0.3, -0.25) is 0 Å². The molecule has 0 aromatic heterocycles. The first-order chi connectivity index (χ1) is 10.4. The number of nitrogens with one attached hydrogen (secondary N) is 2. The predicted molar refractivity (Wildman–Crippen MR) is 100 cm³/mol. The highest BCUT2D eigenvalue weighted by atomic mass is 35.5. The summed E-state index contributed by atoms with van der Waals surface area (Å²) in [7, 11) is 0. The first-order valence-electron chi connectivity index (χ1n) is 6.96. The predicted octanol–water partition coefficient (Wildman–Crippen LogP) is 5.66. The van der Waals surface area contributed by atoms with Gasteiger partial charge in [0.15, 0.2) is 5.11 Å². The first-order valence-corrected chi connectivity index (χ1v) is 8.13. The van der Waals surface area contributed by atoms with E-state index in [1.807, 2.05) is 51.1 Å². The van der Waals surface area contributed by atoms with Crippen LogP contribution in [0.15, 0.2) is 36.4 Å². The minimum Gasteiger partial charge on any atom is -0.356 e. The van der Waals surface area contributed by atoms with Gasteiger partial charge in [0.1, 0.15) is 0 Å². The van der Waals surface area contributed by atoms with Crippen molar-refractivity contribution in [3.8, 4) is 0 Å². The van der Waals surface area contributed by atoms with Gasteiger partial charge in [-0.05, 0) is 67.9 Å². The highest BCUT2D eigenvalue weighted by molar-refractivity contribution is 7.80. The maximum atomic E-state index is 6.29. The average Bonchev–Trinajstić information content (AvgIpc) is 2.43. The zero-order chi connectivity index (χ0) is 16.3. The number of hydrogen-bond acceptors (Lipinski definition) is 1. The first kappa shape index (κ1) is 17.1. The molecule has 0 fully saturated rings. The Morgan fingerprint density at radius 2 is 1.73 bits per heavy atom. The van der Waals surface area contributed by atoms with E-state index in [1.165, 1.54) is 0 Å². The van der Waals surface area contributed by atoms with Crippen LogP contribution in [0.2, 0.25) is 10.0 Å². The Balaban J connectivity index is 2.05. The molecule has 2 aromatic rings. The van der Waals surface area contributed by atoms with E-state index >= 15 is 0 Å². The van der Waals surface area contributed by atoms with Crippen molar-refractivity contribution in [1.29, 1.82) is 0 Å². The lowest BCUT2D eigenvalue weighted by Crippen LogP contribution is -2.31. The molecule has 0 amide bonds. The molecule has 0 aliphatic heterocycles. The zero-order valence-corrected chi connectivity index (χ0v) is 15.0. The van der Waals surface area contributed by atoms with Crippen LogP contribution in [0.1, 0.15) is 29.7 Å². The van der Waals surface area contributed by atoms with Crippen LogP contribution < -0.4 is 10.6 Å². The Morgan fingerprint density at radius 3 is 2.32 bits per heavy atom. The Hall–Kier alpha value is -1.29. The molecular formula is C17H18Cl2N2S. The van der Waals surface area contributed by atoms with Crippen molar-refractivity contribution < 1.29 is 0 Å². The Bertz CT molecular complexity index is 661. The molecule has 0 radical (unpaired) electrons. The van der Waals surface area contributed by atoms with Crippen LogP contribution in [0.4, 0.5) is 5.69 Å². The van der Waals surface area contributed by atoms with Crippen molar-refractivity contribution in [2.75, 3.05) is 5.32 Å². The number of halogens is 2. The van der Waals surface area contributed by atoms with Crippen LogP contribution in [0, 0.1) is 13.8 Å². The van der Waals surface area contributed by atoms with Crippen molar-refractivity contribution in [2.45, 2.75) is 26.8 Å². The second-order valence-electron chi connectivity index (χ2n) is 5.31. The molecule has 0 bridgehead atoms. The van der Waals surface area contributed by atoms with Crippen molar-refractivity contribution in [1.82, 2.24) is 5.32 Å². The summed E-state index contributed by atoms with van der Waals surface area (Å²) in [4.78, 5) is 0. The fourth-order valence-corrected chi connectivity index (χ4v) is 3.03. The van der Waals surface area contributed by atoms with Crippen molar-refractivity contribution in [2.24, 2.45) is 0 Å². The molecule has 2 nitrogen and oxygen atoms in total. The third-order valence-electron chi connectivity index (χ3n) is 3.39. The van der Waals surface area contributed by atoms with Gasteiger partial charge in [0.2, 0.25) is 0 Å². The van der Waals surface area contributed by atoms with Crippen LogP contribution in [0.5, 0.6) is 0 Å². The van der Waals surface area contributed by atoms with Gasteiger partial charge in [-0.1, -0.05) is 41.4 Å². The summed E-state index contributed by atoms with van der Waals surface area (Å²) in [5.74, 6) is 0. The van der Waals surface area contributed by atoms with E-state index in [4.69, 9.17) is 35.4 Å². The van der Waals surface area contributed by atoms with Crippen molar-refractivity contribution in [3.05, 3.63) is 63.1 Å². The monoisotopic (exact) mass is 352 g/mol. The minimum absolute atomic E-state index is 0.0711. The fraction of sp³-hybridized carbons (Fsp3) is 0.235. The van der Waals surface area contributed by atoms with Gasteiger partial charge in [-0.2, -0.15) is 0 Å². The third-order valence-corrected chi connectivity index (χ3v) is 4.16. The lowest BCUT2D eigenvalue weighted by Gasteiger charge is -2.19. The van der Waals surface area contributed by atoms with E-state index < -0.39 is 0 Å². The molecule has 0 saturated carbocycles. The Kier molecular flexibility index (Phi) is 5.68. The summed E-state index contributed by atoms with van der Waals surface area (Å²) in [5, 5.41) is 8.36. The summed E-state index contributed by atoms with van der Waals surface area (Å²) in [5.41, 5.74) is 4.14. The SMILES string of the molecule is Cc1cc(C)c(NC(=S)N[C@H](C)c2ccc(Cl)cc2)c(Cl)c1. The van der Waals surface area contributed by atoms with Gasteiger partial charge < -0.3 is 10.6 Å². The van der Waals surface area contributed by atoms with Gasteiger partial charge in [0.05, 0.1) is 16.8 Å². The normalized spacial score (nSPS) is 11.9. The lowest BCUT2D eigenvalue weighted by molar-refractivity contribution is 0.722. The molecule has 1 atom stereocenters. The Labute approximate surface area is 146 Å². The maximum Gasteiger partial charge on any atom is 0.171 e. The summed E-state index contributed by atoms with van der Waals surface area (Å²) >= 11 is 17.6. The second kappa shape index (κ2) is 7.32. The van der Waals surface area contributed by atoms with Crippen LogP contribution in [-0.4, -0.2) is 5.11 Å². The molecule has 5 heteroatoms. The zero-order valence-electron chi connectivity index (χ0n) is 12.7. The van der Waals surface area contributed by atoms with Crippen LogP contribution in [0.3, 0.4) is 0 Å². The summed E-state index contributed by atoms with van der Waals surface area (Å²) in [6.45, 7) is 6.06. The number of hydrogen-bond donors (Lipinski definition) is 2. The standard InChI is InChI=1S/C17H18Cl2N2S/c1-10-8-11(2)16(15(19)9-10)21-17(22)20-12(3)13-4-6-14(18)7-5-13/h4-9,12H,1-3H3,(H2,20,21,22)/t12-/m1/s1. The molecule has 0 aliphatic rings. The maximum absolute atomic E-state index is 6.29. The molecular weight excluding hydrogens is 335 g/mol. The highest BCUT2D eigenvalue weighted by Crippen LogP contribution is 2.27. The molecule has 2 N–H and O–H groups in total. The smallest absolute Gasteiger partial charge is 0.171 e. The molecule has 0 unspecified atom stereocenters. The number of anilines is 1. The molecule has 0 spiro atoms. The van der Waals surface area contributed by atoms with E-state index in [0.717, 1.165) is 27.4 Å². The molecule has 116 valence electrons. The number of thiocarbonyl (C=S) groups is 1. The fourth-order valence-electron chi connectivity index (χ4n) is 2.26. The van der Waals surface area contributed by atoms with Gasteiger partial charge >= 0.3 is 0 Å². The molecule has 22 heavy (non-hydrogen) atoms. The largest absolute Gasteiger partial charge is 0.356 e. The van der Waals surface area contributed by atoms with Gasteiger partial charge in [-0.15, -0.1) is 0 Å². The minimum atomic E-state index is 0.0711. The van der Waals surface area contributed by atoms with Gasteiger partial charge in [0.25, 0.3) is 0 Å². The molecule has 2 aromatic carbocycles. The molecule has 2 rings (SSSR count). The molecule has 0 aliphatic carbocycles. The van der Waals surface area contributed by atoms with Crippen molar-refractivity contribution >= 4 is 46.2 Å². The highest BCUT2D eigenvalue weighted by Gasteiger charge is 2.10. The van der Waals surface area contributed by atoms with E-state index in [9.17, 15) is 0 Å². The van der Waals surface area contributed by atoms with Gasteiger partial charge in [0, 0.05) is 5.02 Å². The van der Waals surface area contributed by atoms with Crippen molar-refractivity contribution in [3.63, 3.8) is 0 Å². The number of aryl methyl sites for hydroxylation is 2. The summed E-state index contributed by atoms with van der Waals surface area (Å²) in [6.07, 6.45) is 0. The Morgan fingerprint density at radius 1 is 1.09 bits per heavy atom. The number of rotatable bonds is 3. The van der Waals surface area contributed by atoms with E-state index in [2.05, 4.69) is 16.7 Å². The molecule has 0 saturated heterocycles. The quantitative estimate of drug-likeness (QED) is 0.697. The molecule has 0 heterocycles. The summed E-state index contributed by atoms with van der Waals surface area (Å²) < 4.78 is 0.